The molecule has 1 saturated heterocycles. The summed E-state index contributed by atoms with van der Waals surface area (Å²) < 4.78 is 25.0. The Morgan fingerprint density at radius 2 is 1.94 bits per heavy atom. The number of benzene rings is 1. The molecular weight excluding hydrogens is 448 g/mol. The number of aryl methyl sites for hydroxylation is 1. The van der Waals surface area contributed by atoms with E-state index >= 15 is 0 Å². The Hall–Kier alpha value is -2.20. The number of hydrogen-bond donors (Lipinski definition) is 2. The van der Waals surface area contributed by atoms with E-state index in [1.165, 1.54) is 32.4 Å². The Morgan fingerprint density at radius 1 is 1.16 bits per heavy atom. The summed E-state index contributed by atoms with van der Waals surface area (Å²) in [6.45, 7) is 3.63. The lowest BCUT2D eigenvalue weighted by atomic mass is 9.79. The highest BCUT2D eigenvalue weighted by molar-refractivity contribution is 7.89. The molecule has 3 aromatic rings. The number of nitrogen functional groups attached to an aromatic ring is 1. The van der Waals surface area contributed by atoms with Gasteiger partial charge in [-0.2, -0.15) is 0 Å². The molecule has 2 aliphatic rings. The second-order valence-corrected chi connectivity index (χ2v) is 11.2. The molecule has 2 fully saturated rings. The largest absolute Gasteiger partial charge is 0.383 e. The van der Waals surface area contributed by atoms with Gasteiger partial charge in [0.25, 0.3) is 0 Å². The van der Waals surface area contributed by atoms with Gasteiger partial charge in [0, 0.05) is 29.4 Å². The van der Waals surface area contributed by atoms with Crippen molar-refractivity contribution in [3.8, 4) is 11.1 Å². The van der Waals surface area contributed by atoms with Gasteiger partial charge in [0.1, 0.15) is 17.8 Å². The van der Waals surface area contributed by atoms with Crippen LogP contribution in [0.2, 0.25) is 5.02 Å². The first kappa shape index (κ1) is 21.6. The first-order chi connectivity index (χ1) is 15.3. The quantitative estimate of drug-likeness (QED) is 0.543. The summed E-state index contributed by atoms with van der Waals surface area (Å²) in [5, 5.41) is 6.51. The lowest BCUT2D eigenvalue weighted by Gasteiger charge is -2.42. The molecule has 4 N–H and O–H groups in total. The molecule has 1 saturated carbocycles. The monoisotopic (exact) mass is 474 g/mol. The van der Waals surface area contributed by atoms with Gasteiger partial charge in [-0.25, -0.2) is 23.5 Å². The van der Waals surface area contributed by atoms with Crippen molar-refractivity contribution >= 4 is 38.5 Å². The summed E-state index contributed by atoms with van der Waals surface area (Å²) >= 11 is 6.38. The molecule has 5 rings (SSSR count). The summed E-state index contributed by atoms with van der Waals surface area (Å²) in [7, 11) is -3.56. The minimum Gasteiger partial charge on any atom is -0.383 e. The predicted octanol–water partition coefficient (Wildman–Crippen LogP) is 2.82. The molecule has 0 radical (unpaired) electrons. The van der Waals surface area contributed by atoms with Crippen molar-refractivity contribution in [1.82, 2.24) is 19.4 Å². The van der Waals surface area contributed by atoms with Crippen molar-refractivity contribution in [2.75, 3.05) is 31.1 Å². The second-order valence-electron chi connectivity index (χ2n) is 9.02. The van der Waals surface area contributed by atoms with Crippen LogP contribution >= 0.6 is 11.6 Å². The first-order valence-corrected chi connectivity index (χ1v) is 13.0. The number of likely N-dealkylation sites (tertiary alicyclic amines) is 1. The van der Waals surface area contributed by atoms with E-state index in [2.05, 4.69) is 25.6 Å². The van der Waals surface area contributed by atoms with Crippen molar-refractivity contribution in [1.29, 1.82) is 0 Å². The van der Waals surface area contributed by atoms with Gasteiger partial charge in [0.2, 0.25) is 10.0 Å². The summed E-state index contributed by atoms with van der Waals surface area (Å²) in [5.41, 5.74) is 9.68. The van der Waals surface area contributed by atoms with E-state index < -0.39 is 10.0 Å². The highest BCUT2D eigenvalue weighted by atomic mass is 35.5. The fourth-order valence-electron chi connectivity index (χ4n) is 4.82. The lowest BCUT2D eigenvalue weighted by molar-refractivity contribution is 0.0921. The third kappa shape index (κ3) is 4.34. The van der Waals surface area contributed by atoms with Gasteiger partial charge in [-0.3, -0.25) is 0 Å². The standard InChI is InChI=1S/C22H27ClN6O2S/c23-17-7-14(2-5-32(25,30)31)6-16(10-17)19-12-29(22-20(19)21(24)26-13-27-22)18-8-15(9-18)11-28-3-1-4-28/h6-7,10,12-13,15,18H,1-5,8-9,11H2,(H2,24,26,27)(H2,25,30,31)/t15-,18+. The van der Waals surface area contributed by atoms with Crippen molar-refractivity contribution in [2.45, 2.75) is 31.7 Å². The van der Waals surface area contributed by atoms with Gasteiger partial charge in [-0.05, 0) is 68.0 Å². The highest BCUT2D eigenvalue weighted by Crippen LogP contribution is 2.43. The summed E-state index contributed by atoms with van der Waals surface area (Å²) in [5.74, 6) is 1.00. The number of halogens is 1. The van der Waals surface area contributed by atoms with Crippen LogP contribution < -0.4 is 10.9 Å². The fraction of sp³-hybridized carbons (Fsp3) is 0.455. The van der Waals surface area contributed by atoms with Crippen LogP contribution in [0.15, 0.2) is 30.7 Å². The third-order valence-electron chi connectivity index (χ3n) is 6.65. The van der Waals surface area contributed by atoms with Crippen LogP contribution in [0.25, 0.3) is 22.2 Å². The minimum atomic E-state index is -3.56. The summed E-state index contributed by atoms with van der Waals surface area (Å²) in [6, 6.07) is 5.95. The van der Waals surface area contributed by atoms with E-state index in [1.807, 2.05) is 12.1 Å². The number of anilines is 1. The van der Waals surface area contributed by atoms with Crippen LogP contribution in [0.5, 0.6) is 0 Å². The highest BCUT2D eigenvalue weighted by Gasteiger charge is 2.34. The average Bonchev–Trinajstić information content (AvgIpc) is 3.04. The number of rotatable bonds is 7. The molecule has 1 aliphatic heterocycles. The van der Waals surface area contributed by atoms with Gasteiger partial charge in [0.05, 0.1) is 11.1 Å². The normalized spacial score (nSPS) is 21.4. The first-order valence-electron chi connectivity index (χ1n) is 10.9. The maximum atomic E-state index is 11.4. The van der Waals surface area contributed by atoms with E-state index in [0.717, 1.165) is 46.5 Å². The molecule has 2 aromatic heterocycles. The zero-order valence-electron chi connectivity index (χ0n) is 17.7. The van der Waals surface area contributed by atoms with Crippen LogP contribution in [-0.4, -0.2) is 53.2 Å². The Morgan fingerprint density at radius 3 is 2.62 bits per heavy atom. The van der Waals surface area contributed by atoms with Crippen molar-refractivity contribution in [3.05, 3.63) is 41.3 Å². The number of hydrogen-bond acceptors (Lipinski definition) is 6. The van der Waals surface area contributed by atoms with Gasteiger partial charge in [-0.15, -0.1) is 0 Å². The number of aromatic nitrogens is 3. The molecule has 0 unspecified atom stereocenters. The Bertz CT molecular complexity index is 1260. The van der Waals surface area contributed by atoms with E-state index in [0.29, 0.717) is 16.9 Å². The molecule has 10 heteroatoms. The molecule has 0 bridgehead atoms. The van der Waals surface area contributed by atoms with E-state index in [-0.39, 0.29) is 12.2 Å². The average molecular weight is 475 g/mol. The minimum absolute atomic E-state index is 0.139. The molecular formula is C22H27ClN6O2S. The van der Waals surface area contributed by atoms with Crippen LogP contribution in [0.3, 0.4) is 0 Å². The Labute approximate surface area is 192 Å². The summed E-state index contributed by atoms with van der Waals surface area (Å²) in [4.78, 5) is 11.3. The van der Waals surface area contributed by atoms with Crippen molar-refractivity contribution in [2.24, 2.45) is 11.1 Å². The second kappa shape index (κ2) is 8.30. The number of nitrogens with two attached hydrogens (primary N) is 2. The topological polar surface area (TPSA) is 120 Å². The van der Waals surface area contributed by atoms with Crippen molar-refractivity contribution in [3.63, 3.8) is 0 Å². The molecule has 0 atom stereocenters. The smallest absolute Gasteiger partial charge is 0.209 e. The Kier molecular flexibility index (Phi) is 5.61. The Balaban J connectivity index is 1.47. The molecule has 0 amide bonds. The van der Waals surface area contributed by atoms with Gasteiger partial charge >= 0.3 is 0 Å². The van der Waals surface area contributed by atoms with Crippen LogP contribution in [-0.2, 0) is 16.4 Å². The van der Waals surface area contributed by atoms with E-state index in [1.54, 1.807) is 6.07 Å². The molecule has 1 aromatic carbocycles. The molecule has 3 heterocycles. The number of sulfonamides is 1. The van der Waals surface area contributed by atoms with E-state index in [4.69, 9.17) is 22.5 Å². The zero-order chi connectivity index (χ0) is 22.5. The maximum absolute atomic E-state index is 11.4. The SMILES string of the molecule is Nc1ncnc2c1c(-c1cc(Cl)cc(CCS(N)(=O)=O)c1)cn2[C@H]1C[C@@H](CN2CCC2)C1. The summed E-state index contributed by atoms with van der Waals surface area (Å²) in [6.07, 6.45) is 7.45. The molecule has 170 valence electrons. The zero-order valence-corrected chi connectivity index (χ0v) is 19.3. The van der Waals surface area contributed by atoms with Crippen LogP contribution in [0.4, 0.5) is 5.82 Å². The number of nitrogens with zero attached hydrogens (tertiary/aromatic N) is 4. The third-order valence-corrected chi connectivity index (χ3v) is 7.64. The molecule has 1 aliphatic carbocycles. The molecule has 32 heavy (non-hydrogen) atoms. The van der Waals surface area contributed by atoms with Gasteiger partial charge in [-0.1, -0.05) is 17.7 Å². The predicted molar refractivity (Wildman–Crippen MR) is 127 cm³/mol. The van der Waals surface area contributed by atoms with Crippen molar-refractivity contribution < 1.29 is 8.42 Å². The van der Waals surface area contributed by atoms with E-state index in [9.17, 15) is 8.42 Å². The van der Waals surface area contributed by atoms with Crippen LogP contribution in [0.1, 0.15) is 30.9 Å². The number of fused-ring (bicyclic) bond motifs is 1. The lowest BCUT2D eigenvalue weighted by Crippen LogP contribution is -2.43. The van der Waals surface area contributed by atoms with Crippen LogP contribution in [0, 0.1) is 5.92 Å². The number of primary sulfonamides is 1. The molecule has 0 spiro atoms. The van der Waals surface area contributed by atoms with Gasteiger partial charge in [0.15, 0.2) is 0 Å². The molecule has 8 nitrogen and oxygen atoms in total. The fourth-order valence-corrected chi connectivity index (χ4v) is 5.60. The maximum Gasteiger partial charge on any atom is 0.209 e. The van der Waals surface area contributed by atoms with Gasteiger partial charge < -0.3 is 15.2 Å².